The van der Waals surface area contributed by atoms with Gasteiger partial charge in [-0.1, -0.05) is 0 Å². The summed E-state index contributed by atoms with van der Waals surface area (Å²) >= 11 is 1.76. The van der Waals surface area contributed by atoms with Crippen LogP contribution in [0.1, 0.15) is 28.5 Å². The monoisotopic (exact) mass is 249 g/mol. The quantitative estimate of drug-likeness (QED) is 0.872. The molecule has 5 nitrogen and oxygen atoms in total. The van der Waals surface area contributed by atoms with Gasteiger partial charge in [-0.15, -0.1) is 11.3 Å². The van der Waals surface area contributed by atoms with E-state index in [4.69, 9.17) is 5.73 Å². The first-order valence-electron chi connectivity index (χ1n) is 5.35. The molecule has 2 aromatic rings. The van der Waals surface area contributed by atoms with E-state index >= 15 is 0 Å². The molecular weight excluding hydrogens is 234 g/mol. The lowest BCUT2D eigenvalue weighted by atomic mass is 10.3. The van der Waals surface area contributed by atoms with Crippen molar-refractivity contribution in [1.29, 1.82) is 0 Å². The van der Waals surface area contributed by atoms with Crippen molar-refractivity contribution in [3.63, 3.8) is 0 Å². The molecule has 0 bridgehead atoms. The van der Waals surface area contributed by atoms with Crippen LogP contribution in [0.2, 0.25) is 0 Å². The molecule has 0 aliphatic rings. The molecule has 2 aromatic heterocycles. The van der Waals surface area contributed by atoms with Crippen molar-refractivity contribution in [2.24, 2.45) is 0 Å². The van der Waals surface area contributed by atoms with E-state index in [1.165, 1.54) is 9.75 Å². The maximum absolute atomic E-state index is 5.58. The summed E-state index contributed by atoms with van der Waals surface area (Å²) in [5.74, 6) is 1.39. The minimum atomic E-state index is 0.162. The number of aromatic nitrogens is 3. The second-order valence-corrected chi connectivity index (χ2v) is 5.20. The van der Waals surface area contributed by atoms with Gasteiger partial charge in [0.2, 0.25) is 11.9 Å². The Morgan fingerprint density at radius 2 is 2.00 bits per heavy atom. The highest BCUT2D eigenvalue weighted by Gasteiger charge is 2.09. The third kappa shape index (κ3) is 2.91. The van der Waals surface area contributed by atoms with Gasteiger partial charge in [-0.2, -0.15) is 15.0 Å². The molecule has 2 rings (SSSR count). The second kappa shape index (κ2) is 4.67. The van der Waals surface area contributed by atoms with Crippen LogP contribution in [0.3, 0.4) is 0 Å². The number of anilines is 2. The molecule has 0 fully saturated rings. The second-order valence-electron chi connectivity index (χ2n) is 3.88. The number of nitrogens with two attached hydrogens (primary N) is 1. The number of nitrogen functional groups attached to an aromatic ring is 1. The molecule has 1 unspecified atom stereocenters. The lowest BCUT2D eigenvalue weighted by Crippen LogP contribution is -2.11. The summed E-state index contributed by atoms with van der Waals surface area (Å²) in [6.45, 7) is 5.95. The zero-order valence-electron chi connectivity index (χ0n) is 10.1. The summed E-state index contributed by atoms with van der Waals surface area (Å²) in [5.41, 5.74) is 5.58. The molecule has 0 spiro atoms. The number of nitrogens with zero attached hydrogens (tertiary/aromatic N) is 3. The molecule has 17 heavy (non-hydrogen) atoms. The summed E-state index contributed by atoms with van der Waals surface area (Å²) in [5, 5.41) is 3.22. The van der Waals surface area contributed by atoms with Crippen LogP contribution in [-0.4, -0.2) is 15.0 Å². The van der Waals surface area contributed by atoms with Gasteiger partial charge in [-0.3, -0.25) is 0 Å². The van der Waals surface area contributed by atoms with Crippen LogP contribution in [0, 0.1) is 13.8 Å². The number of thiophene rings is 1. The Hall–Kier alpha value is -1.69. The predicted octanol–water partition coefficient (Wildman–Crippen LogP) is 2.31. The molecule has 0 amide bonds. The predicted molar refractivity (Wildman–Crippen MR) is 70.1 cm³/mol. The normalized spacial score (nSPS) is 12.4. The highest BCUT2D eigenvalue weighted by atomic mass is 32.1. The van der Waals surface area contributed by atoms with Crippen molar-refractivity contribution in [3.05, 3.63) is 27.7 Å². The zero-order chi connectivity index (χ0) is 12.4. The van der Waals surface area contributed by atoms with Crippen molar-refractivity contribution in [3.8, 4) is 0 Å². The Kier molecular flexibility index (Phi) is 3.23. The molecule has 90 valence electrons. The smallest absolute Gasteiger partial charge is 0.228 e. The molecule has 0 aliphatic carbocycles. The fraction of sp³-hybridized carbons (Fsp3) is 0.364. The van der Waals surface area contributed by atoms with Crippen molar-refractivity contribution in [1.82, 2.24) is 15.0 Å². The van der Waals surface area contributed by atoms with E-state index < -0.39 is 0 Å². The Bertz CT molecular complexity index is 502. The van der Waals surface area contributed by atoms with Gasteiger partial charge in [0.25, 0.3) is 0 Å². The van der Waals surface area contributed by atoms with E-state index in [2.05, 4.69) is 46.2 Å². The average Bonchev–Trinajstić information content (AvgIpc) is 2.63. The Labute approximate surface area is 104 Å². The third-order valence-electron chi connectivity index (χ3n) is 2.30. The number of rotatable bonds is 3. The van der Waals surface area contributed by atoms with E-state index in [1.807, 2.05) is 0 Å². The molecule has 1 atom stereocenters. The van der Waals surface area contributed by atoms with E-state index in [-0.39, 0.29) is 12.0 Å². The van der Waals surface area contributed by atoms with E-state index in [0.717, 1.165) is 0 Å². The van der Waals surface area contributed by atoms with Gasteiger partial charge in [-0.05, 0) is 32.9 Å². The Balaban J connectivity index is 2.15. The first-order chi connectivity index (χ1) is 8.04. The van der Waals surface area contributed by atoms with Crippen molar-refractivity contribution in [2.75, 3.05) is 11.1 Å². The molecule has 0 saturated heterocycles. The maximum atomic E-state index is 5.58. The fourth-order valence-electron chi connectivity index (χ4n) is 1.52. The van der Waals surface area contributed by atoms with E-state index in [1.54, 1.807) is 18.3 Å². The maximum Gasteiger partial charge on any atom is 0.228 e. The van der Waals surface area contributed by atoms with Gasteiger partial charge in [0.15, 0.2) is 0 Å². The minimum absolute atomic E-state index is 0.162. The van der Waals surface area contributed by atoms with Crippen LogP contribution in [0.25, 0.3) is 0 Å². The summed E-state index contributed by atoms with van der Waals surface area (Å²) < 4.78 is 0. The summed E-state index contributed by atoms with van der Waals surface area (Å²) in [7, 11) is 0. The number of hydrogen-bond acceptors (Lipinski definition) is 6. The lowest BCUT2D eigenvalue weighted by molar-refractivity contribution is 0.864. The first-order valence-corrected chi connectivity index (χ1v) is 6.17. The summed E-state index contributed by atoms with van der Waals surface area (Å²) in [6, 6.07) is 4.37. The molecule has 0 radical (unpaired) electrons. The van der Waals surface area contributed by atoms with Gasteiger partial charge < -0.3 is 11.1 Å². The van der Waals surface area contributed by atoms with Crippen molar-refractivity contribution in [2.45, 2.75) is 26.8 Å². The molecule has 0 aliphatic heterocycles. The summed E-state index contributed by atoms with van der Waals surface area (Å²) in [4.78, 5) is 14.7. The molecule has 6 heteroatoms. The van der Waals surface area contributed by atoms with Gasteiger partial charge in [0, 0.05) is 9.75 Å². The SMILES string of the molecule is Cc1nc(N)nc(NC(C)c2ccc(C)s2)n1. The topological polar surface area (TPSA) is 76.7 Å². The Morgan fingerprint density at radius 3 is 2.59 bits per heavy atom. The van der Waals surface area contributed by atoms with Crippen LogP contribution in [0.4, 0.5) is 11.9 Å². The standard InChI is InChI=1S/C11H15N5S/c1-6-4-5-9(17-6)7(2)13-11-15-8(3)14-10(12)16-11/h4-5,7H,1-3H3,(H3,12,13,14,15,16). The van der Waals surface area contributed by atoms with Crippen LogP contribution < -0.4 is 11.1 Å². The number of nitrogens with one attached hydrogen (secondary N) is 1. The molecule has 0 saturated carbocycles. The summed E-state index contributed by atoms with van der Waals surface area (Å²) in [6.07, 6.45) is 0. The molecular formula is C11H15N5S. The van der Waals surface area contributed by atoms with Gasteiger partial charge in [0.1, 0.15) is 5.82 Å². The van der Waals surface area contributed by atoms with Gasteiger partial charge >= 0.3 is 0 Å². The van der Waals surface area contributed by atoms with Gasteiger partial charge in [-0.25, -0.2) is 0 Å². The highest BCUT2D eigenvalue weighted by molar-refractivity contribution is 7.12. The fourth-order valence-corrected chi connectivity index (χ4v) is 2.40. The Morgan fingerprint density at radius 1 is 1.24 bits per heavy atom. The zero-order valence-corrected chi connectivity index (χ0v) is 10.9. The van der Waals surface area contributed by atoms with E-state index in [9.17, 15) is 0 Å². The molecule has 3 N–H and O–H groups in total. The van der Waals surface area contributed by atoms with Crippen LogP contribution in [0.5, 0.6) is 0 Å². The van der Waals surface area contributed by atoms with Crippen LogP contribution >= 0.6 is 11.3 Å². The van der Waals surface area contributed by atoms with Crippen LogP contribution in [-0.2, 0) is 0 Å². The number of hydrogen-bond donors (Lipinski definition) is 2. The van der Waals surface area contributed by atoms with Crippen molar-refractivity contribution < 1.29 is 0 Å². The van der Waals surface area contributed by atoms with Crippen molar-refractivity contribution >= 4 is 23.2 Å². The van der Waals surface area contributed by atoms with Gasteiger partial charge in [0.05, 0.1) is 6.04 Å². The third-order valence-corrected chi connectivity index (χ3v) is 3.48. The van der Waals surface area contributed by atoms with Crippen LogP contribution in [0.15, 0.2) is 12.1 Å². The first kappa shape index (κ1) is 11.8. The number of aryl methyl sites for hydroxylation is 2. The van der Waals surface area contributed by atoms with E-state index in [0.29, 0.717) is 11.8 Å². The average molecular weight is 249 g/mol. The highest BCUT2D eigenvalue weighted by Crippen LogP contribution is 2.24. The largest absolute Gasteiger partial charge is 0.368 e. The molecule has 2 heterocycles. The lowest BCUT2D eigenvalue weighted by Gasteiger charge is -2.12. The molecule has 0 aromatic carbocycles. The minimum Gasteiger partial charge on any atom is -0.368 e.